The molecule has 1 aromatic carbocycles. The standard InChI is InChI=1S/C13H15NO4/c1-8(2)12(16)18-13(17)11(15)10(14)9-6-4-3-5-7-9/h3-7,10-11,15H,1,14H2,2H3/t10-,11?/m1/s1. The predicted molar refractivity (Wildman–Crippen MR) is 65.3 cm³/mol. The van der Waals surface area contributed by atoms with Gasteiger partial charge in [-0.3, -0.25) is 0 Å². The number of ether oxygens (including phenoxy) is 1. The number of rotatable bonds is 4. The molecule has 5 heteroatoms. The summed E-state index contributed by atoms with van der Waals surface area (Å²) in [5.41, 5.74) is 6.35. The van der Waals surface area contributed by atoms with Crippen LogP contribution in [-0.4, -0.2) is 23.1 Å². The van der Waals surface area contributed by atoms with E-state index in [1.807, 2.05) is 0 Å². The predicted octanol–water partition coefficient (Wildman–Crippen LogP) is 0.693. The number of carbonyl (C=O) groups is 2. The van der Waals surface area contributed by atoms with Gasteiger partial charge < -0.3 is 15.6 Å². The average Bonchev–Trinajstić information content (AvgIpc) is 2.37. The Balaban J connectivity index is 2.70. The average molecular weight is 249 g/mol. The summed E-state index contributed by atoms with van der Waals surface area (Å²) in [5.74, 6) is -1.96. The van der Waals surface area contributed by atoms with Gasteiger partial charge in [-0.2, -0.15) is 0 Å². The minimum atomic E-state index is -1.60. The third-order valence-corrected chi connectivity index (χ3v) is 2.31. The molecule has 0 amide bonds. The van der Waals surface area contributed by atoms with E-state index in [0.29, 0.717) is 5.56 Å². The van der Waals surface area contributed by atoms with E-state index in [0.717, 1.165) is 0 Å². The quantitative estimate of drug-likeness (QED) is 0.465. The molecule has 2 atom stereocenters. The molecule has 18 heavy (non-hydrogen) atoms. The molecule has 0 radical (unpaired) electrons. The lowest BCUT2D eigenvalue weighted by Crippen LogP contribution is -2.36. The van der Waals surface area contributed by atoms with Crippen LogP contribution in [0, 0.1) is 0 Å². The fourth-order valence-corrected chi connectivity index (χ4v) is 1.24. The highest BCUT2D eigenvalue weighted by Crippen LogP contribution is 2.15. The van der Waals surface area contributed by atoms with Gasteiger partial charge in [-0.15, -0.1) is 0 Å². The van der Waals surface area contributed by atoms with E-state index in [4.69, 9.17) is 5.73 Å². The van der Waals surface area contributed by atoms with Crippen molar-refractivity contribution in [3.63, 3.8) is 0 Å². The first-order valence-electron chi connectivity index (χ1n) is 5.33. The number of esters is 2. The van der Waals surface area contributed by atoms with Crippen LogP contribution in [-0.2, 0) is 14.3 Å². The van der Waals surface area contributed by atoms with E-state index in [9.17, 15) is 14.7 Å². The van der Waals surface area contributed by atoms with E-state index in [1.54, 1.807) is 30.3 Å². The second kappa shape index (κ2) is 6.09. The third kappa shape index (κ3) is 3.51. The van der Waals surface area contributed by atoms with Crippen molar-refractivity contribution in [1.82, 2.24) is 0 Å². The molecule has 0 saturated heterocycles. The van der Waals surface area contributed by atoms with E-state index in [-0.39, 0.29) is 5.57 Å². The summed E-state index contributed by atoms with van der Waals surface area (Å²) in [6.07, 6.45) is -1.60. The number of hydrogen-bond donors (Lipinski definition) is 2. The van der Waals surface area contributed by atoms with E-state index in [2.05, 4.69) is 11.3 Å². The summed E-state index contributed by atoms with van der Waals surface area (Å²) in [4.78, 5) is 22.6. The number of aliphatic hydroxyl groups is 1. The minimum absolute atomic E-state index is 0.0730. The zero-order valence-electron chi connectivity index (χ0n) is 10.00. The van der Waals surface area contributed by atoms with Crippen LogP contribution in [0.4, 0.5) is 0 Å². The minimum Gasteiger partial charge on any atom is -0.388 e. The van der Waals surface area contributed by atoms with Gasteiger partial charge in [0.05, 0.1) is 6.04 Å². The van der Waals surface area contributed by atoms with E-state index in [1.165, 1.54) is 6.92 Å². The molecule has 0 aliphatic heterocycles. The number of carbonyl (C=O) groups excluding carboxylic acids is 2. The first-order valence-corrected chi connectivity index (χ1v) is 5.33. The Hall–Kier alpha value is -1.98. The molecule has 1 aromatic rings. The highest BCUT2D eigenvalue weighted by atomic mass is 16.6. The smallest absolute Gasteiger partial charge is 0.344 e. The van der Waals surface area contributed by atoms with Crippen LogP contribution in [0.1, 0.15) is 18.5 Å². The molecule has 1 rings (SSSR count). The van der Waals surface area contributed by atoms with Gasteiger partial charge in [0, 0.05) is 5.57 Å². The number of aliphatic hydroxyl groups excluding tert-OH is 1. The molecule has 96 valence electrons. The van der Waals surface area contributed by atoms with Crippen LogP contribution in [0.25, 0.3) is 0 Å². The molecule has 0 aromatic heterocycles. The molecule has 0 heterocycles. The SMILES string of the molecule is C=C(C)C(=O)OC(=O)C(O)[C@H](N)c1ccccc1. The van der Waals surface area contributed by atoms with Crippen LogP contribution in [0.3, 0.4) is 0 Å². The third-order valence-electron chi connectivity index (χ3n) is 2.31. The summed E-state index contributed by atoms with van der Waals surface area (Å²) in [6, 6.07) is 7.63. The summed E-state index contributed by atoms with van der Waals surface area (Å²) < 4.78 is 4.41. The van der Waals surface area contributed by atoms with Crippen LogP contribution in [0.15, 0.2) is 42.5 Å². The number of hydrogen-bond acceptors (Lipinski definition) is 5. The molecule has 0 spiro atoms. The fourth-order valence-electron chi connectivity index (χ4n) is 1.24. The molecule has 0 aliphatic carbocycles. The first-order chi connectivity index (χ1) is 8.43. The highest BCUT2D eigenvalue weighted by Gasteiger charge is 2.27. The fraction of sp³-hybridized carbons (Fsp3) is 0.231. The lowest BCUT2D eigenvalue weighted by molar-refractivity contribution is -0.164. The molecule has 0 saturated carbocycles. The Morgan fingerprint density at radius 1 is 1.33 bits per heavy atom. The second-order valence-corrected chi connectivity index (χ2v) is 3.87. The van der Waals surface area contributed by atoms with Gasteiger partial charge in [-0.05, 0) is 12.5 Å². The molecule has 0 aliphatic rings. The summed E-state index contributed by atoms with van der Waals surface area (Å²) in [5, 5.41) is 9.69. The van der Waals surface area contributed by atoms with Crippen molar-refractivity contribution >= 4 is 11.9 Å². The highest BCUT2D eigenvalue weighted by molar-refractivity contribution is 5.96. The first kappa shape index (κ1) is 14.1. The maximum atomic E-state index is 11.5. The number of benzene rings is 1. The monoisotopic (exact) mass is 249 g/mol. The summed E-state index contributed by atoms with van der Waals surface area (Å²) in [6.45, 7) is 4.73. The van der Waals surface area contributed by atoms with Gasteiger partial charge in [-0.1, -0.05) is 36.9 Å². The van der Waals surface area contributed by atoms with Crippen molar-refractivity contribution in [3.8, 4) is 0 Å². The van der Waals surface area contributed by atoms with E-state index >= 15 is 0 Å². The van der Waals surface area contributed by atoms with Gasteiger partial charge in [0.2, 0.25) is 0 Å². The van der Waals surface area contributed by atoms with Crippen molar-refractivity contribution in [3.05, 3.63) is 48.0 Å². The molecule has 1 unspecified atom stereocenters. The van der Waals surface area contributed by atoms with Gasteiger partial charge in [0.1, 0.15) is 0 Å². The van der Waals surface area contributed by atoms with Crippen LogP contribution in [0.2, 0.25) is 0 Å². The van der Waals surface area contributed by atoms with Crippen molar-refractivity contribution < 1.29 is 19.4 Å². The summed E-state index contributed by atoms with van der Waals surface area (Å²) >= 11 is 0. The molecular formula is C13H15NO4. The van der Waals surface area contributed by atoms with Crippen molar-refractivity contribution in [2.45, 2.75) is 19.1 Å². The largest absolute Gasteiger partial charge is 0.388 e. The number of nitrogens with two attached hydrogens (primary N) is 1. The maximum absolute atomic E-state index is 11.5. The van der Waals surface area contributed by atoms with Crippen LogP contribution >= 0.6 is 0 Å². The van der Waals surface area contributed by atoms with Gasteiger partial charge >= 0.3 is 11.9 Å². The van der Waals surface area contributed by atoms with Crippen molar-refractivity contribution in [2.75, 3.05) is 0 Å². The summed E-state index contributed by atoms with van der Waals surface area (Å²) in [7, 11) is 0. The molecule has 0 bridgehead atoms. The second-order valence-electron chi connectivity index (χ2n) is 3.87. The molecule has 5 nitrogen and oxygen atoms in total. The Morgan fingerprint density at radius 2 is 1.89 bits per heavy atom. The van der Waals surface area contributed by atoms with Gasteiger partial charge in [0.25, 0.3) is 0 Å². The Labute approximate surface area is 105 Å². The molecular weight excluding hydrogens is 234 g/mol. The lowest BCUT2D eigenvalue weighted by Gasteiger charge is -2.17. The Kier molecular flexibility index (Phi) is 4.76. The molecule has 0 fully saturated rings. The zero-order valence-corrected chi connectivity index (χ0v) is 10.00. The normalized spacial score (nSPS) is 13.5. The lowest BCUT2D eigenvalue weighted by atomic mass is 10.0. The Bertz CT molecular complexity index is 455. The van der Waals surface area contributed by atoms with Crippen LogP contribution in [0.5, 0.6) is 0 Å². The van der Waals surface area contributed by atoms with Gasteiger partial charge in [-0.25, -0.2) is 9.59 Å². The van der Waals surface area contributed by atoms with Gasteiger partial charge in [0.15, 0.2) is 6.10 Å². The topological polar surface area (TPSA) is 89.6 Å². The van der Waals surface area contributed by atoms with Crippen molar-refractivity contribution in [1.29, 1.82) is 0 Å². The molecule has 3 N–H and O–H groups in total. The van der Waals surface area contributed by atoms with E-state index < -0.39 is 24.1 Å². The maximum Gasteiger partial charge on any atom is 0.344 e. The zero-order chi connectivity index (χ0) is 13.7. The Morgan fingerprint density at radius 3 is 2.39 bits per heavy atom. The van der Waals surface area contributed by atoms with Crippen molar-refractivity contribution in [2.24, 2.45) is 5.73 Å². The van der Waals surface area contributed by atoms with Crippen LogP contribution < -0.4 is 5.73 Å².